The molecule has 0 radical (unpaired) electrons. The molecule has 1 N–H and O–H groups in total. The monoisotopic (exact) mass is 397 g/mol. The van der Waals surface area contributed by atoms with E-state index in [1.165, 1.54) is 7.11 Å². The Kier molecular flexibility index (Phi) is 5.85. The number of hydrogen-bond donors (Lipinski definition) is 1. The lowest BCUT2D eigenvalue weighted by Crippen LogP contribution is -2.10. The molecule has 0 fully saturated rings. The number of ether oxygens (including phenoxy) is 1. The van der Waals surface area contributed by atoms with Crippen molar-refractivity contribution in [2.45, 2.75) is 6.54 Å². The van der Waals surface area contributed by atoms with Gasteiger partial charge in [0.15, 0.2) is 5.69 Å². The summed E-state index contributed by atoms with van der Waals surface area (Å²) in [7, 11) is 5.30. The van der Waals surface area contributed by atoms with Gasteiger partial charge in [0.25, 0.3) is 0 Å². The average molecular weight is 399 g/mol. The summed E-state index contributed by atoms with van der Waals surface area (Å²) in [4.78, 5) is 17.7. The first-order chi connectivity index (χ1) is 10.9. The molecule has 1 heterocycles. The van der Waals surface area contributed by atoms with Crippen LogP contribution in [0.1, 0.15) is 16.1 Å². The number of carbonyl (C=O) groups is 1. The van der Waals surface area contributed by atoms with E-state index in [0.29, 0.717) is 16.7 Å². The quantitative estimate of drug-likeness (QED) is 0.610. The first-order valence-corrected chi connectivity index (χ1v) is 8.04. The molecule has 5 nitrogen and oxygen atoms in total. The van der Waals surface area contributed by atoms with Crippen LogP contribution in [-0.2, 0) is 11.3 Å². The number of benzene rings is 1. The van der Waals surface area contributed by atoms with Crippen molar-refractivity contribution in [3.63, 3.8) is 0 Å². The minimum absolute atomic E-state index is 0.144. The van der Waals surface area contributed by atoms with Crippen LogP contribution in [0.3, 0.4) is 0 Å². The number of esters is 1. The predicted octanol–water partition coefficient (Wildman–Crippen LogP) is 3.96. The lowest BCUT2D eigenvalue weighted by molar-refractivity contribution is 0.0593. The standard InChI is InChI=1S/C16H17BrClN3O2/c1-21(2)11-6-4-10(5-7-11)9-19-12-8-13(18)20-15(14(12)17)16(22)23-3/h4-8H,9H2,1-3H3,(H,19,20). The fourth-order valence-corrected chi connectivity index (χ4v) is 2.67. The van der Waals surface area contributed by atoms with Crippen LogP contribution in [0.4, 0.5) is 11.4 Å². The topological polar surface area (TPSA) is 54.5 Å². The SMILES string of the molecule is COC(=O)c1nc(Cl)cc(NCc2ccc(N(C)C)cc2)c1Br. The van der Waals surface area contributed by atoms with Crippen molar-refractivity contribution in [2.75, 3.05) is 31.4 Å². The molecule has 0 aliphatic carbocycles. The number of nitrogens with zero attached hydrogens (tertiary/aromatic N) is 2. The summed E-state index contributed by atoms with van der Waals surface area (Å²) in [5.41, 5.74) is 3.07. The minimum Gasteiger partial charge on any atom is -0.464 e. The lowest BCUT2D eigenvalue weighted by atomic mass is 10.2. The summed E-state index contributed by atoms with van der Waals surface area (Å²) in [6.07, 6.45) is 0. The summed E-state index contributed by atoms with van der Waals surface area (Å²) >= 11 is 9.35. The molecule has 0 spiro atoms. The highest BCUT2D eigenvalue weighted by atomic mass is 79.9. The van der Waals surface area contributed by atoms with Crippen molar-refractivity contribution < 1.29 is 9.53 Å². The Labute approximate surface area is 148 Å². The molecule has 0 unspecified atom stereocenters. The van der Waals surface area contributed by atoms with Gasteiger partial charge in [0, 0.05) is 26.3 Å². The van der Waals surface area contributed by atoms with Gasteiger partial charge in [-0.15, -0.1) is 0 Å². The smallest absolute Gasteiger partial charge is 0.357 e. The third-order valence-electron chi connectivity index (χ3n) is 3.24. The molecule has 0 atom stereocenters. The third-order valence-corrected chi connectivity index (χ3v) is 4.24. The number of rotatable bonds is 5. The maximum atomic E-state index is 11.7. The van der Waals surface area contributed by atoms with Crippen molar-refractivity contribution in [3.05, 3.63) is 51.2 Å². The number of aromatic nitrogens is 1. The second-order valence-electron chi connectivity index (χ2n) is 5.06. The first-order valence-electron chi connectivity index (χ1n) is 6.87. The molecular weight excluding hydrogens is 382 g/mol. The highest BCUT2D eigenvalue weighted by Gasteiger charge is 2.17. The molecule has 0 bridgehead atoms. The summed E-state index contributed by atoms with van der Waals surface area (Å²) < 4.78 is 5.23. The van der Waals surface area contributed by atoms with Crippen molar-refractivity contribution in [1.29, 1.82) is 0 Å². The van der Waals surface area contributed by atoms with E-state index < -0.39 is 5.97 Å². The zero-order valence-electron chi connectivity index (χ0n) is 13.1. The van der Waals surface area contributed by atoms with Gasteiger partial charge in [-0.25, -0.2) is 9.78 Å². The second kappa shape index (κ2) is 7.66. The predicted molar refractivity (Wildman–Crippen MR) is 96.4 cm³/mol. The molecular formula is C16H17BrClN3O2. The molecule has 2 rings (SSSR count). The first kappa shape index (κ1) is 17.6. The van der Waals surface area contributed by atoms with E-state index >= 15 is 0 Å². The van der Waals surface area contributed by atoms with Crippen LogP contribution in [0.15, 0.2) is 34.8 Å². The van der Waals surface area contributed by atoms with Gasteiger partial charge in [0.05, 0.1) is 17.3 Å². The average Bonchev–Trinajstić information content (AvgIpc) is 2.54. The summed E-state index contributed by atoms with van der Waals surface area (Å²) in [6.45, 7) is 0.591. The zero-order chi connectivity index (χ0) is 17.0. The van der Waals surface area contributed by atoms with E-state index in [9.17, 15) is 4.79 Å². The van der Waals surface area contributed by atoms with Crippen LogP contribution in [-0.4, -0.2) is 32.2 Å². The van der Waals surface area contributed by atoms with Crippen LogP contribution in [0.25, 0.3) is 0 Å². The highest BCUT2D eigenvalue weighted by Crippen LogP contribution is 2.29. The molecule has 0 saturated carbocycles. The van der Waals surface area contributed by atoms with E-state index in [2.05, 4.69) is 26.2 Å². The maximum Gasteiger partial charge on any atom is 0.357 e. The molecule has 0 aliphatic heterocycles. The fourth-order valence-electron chi connectivity index (χ4n) is 1.97. The normalized spacial score (nSPS) is 10.3. The van der Waals surface area contributed by atoms with Gasteiger partial charge >= 0.3 is 5.97 Å². The van der Waals surface area contributed by atoms with E-state index in [-0.39, 0.29) is 10.8 Å². The molecule has 2 aromatic rings. The number of halogens is 2. The molecule has 0 saturated heterocycles. The minimum atomic E-state index is -0.544. The Balaban J connectivity index is 2.17. The number of nitrogens with one attached hydrogen (secondary N) is 1. The Morgan fingerprint density at radius 2 is 2.00 bits per heavy atom. The Morgan fingerprint density at radius 1 is 1.35 bits per heavy atom. The van der Waals surface area contributed by atoms with Crippen LogP contribution in [0.5, 0.6) is 0 Å². The molecule has 7 heteroatoms. The lowest BCUT2D eigenvalue weighted by Gasteiger charge is -2.14. The maximum absolute atomic E-state index is 11.7. The molecule has 0 amide bonds. The van der Waals surface area contributed by atoms with Crippen LogP contribution in [0, 0.1) is 0 Å². The van der Waals surface area contributed by atoms with Gasteiger partial charge in [-0.3, -0.25) is 0 Å². The van der Waals surface area contributed by atoms with Crippen LogP contribution < -0.4 is 10.2 Å². The van der Waals surface area contributed by atoms with Gasteiger partial charge in [0.2, 0.25) is 0 Å². The number of methoxy groups -OCH3 is 1. The summed E-state index contributed by atoms with van der Waals surface area (Å²) in [5.74, 6) is -0.544. The van der Waals surface area contributed by atoms with Gasteiger partial charge in [-0.2, -0.15) is 0 Å². The van der Waals surface area contributed by atoms with Gasteiger partial charge in [-0.05, 0) is 39.7 Å². The number of hydrogen-bond acceptors (Lipinski definition) is 5. The number of anilines is 2. The Hall–Kier alpha value is -1.79. The second-order valence-corrected chi connectivity index (χ2v) is 6.24. The number of carbonyl (C=O) groups excluding carboxylic acids is 1. The molecule has 1 aromatic heterocycles. The van der Waals surface area contributed by atoms with Crippen molar-refractivity contribution >= 4 is 44.9 Å². The van der Waals surface area contributed by atoms with Crippen molar-refractivity contribution in [2.24, 2.45) is 0 Å². The highest BCUT2D eigenvalue weighted by molar-refractivity contribution is 9.10. The molecule has 0 aliphatic rings. The molecule has 122 valence electrons. The van der Waals surface area contributed by atoms with Crippen LogP contribution >= 0.6 is 27.5 Å². The largest absolute Gasteiger partial charge is 0.464 e. The van der Waals surface area contributed by atoms with Crippen molar-refractivity contribution in [3.8, 4) is 0 Å². The Bertz CT molecular complexity index is 705. The van der Waals surface area contributed by atoms with E-state index in [1.54, 1.807) is 6.07 Å². The summed E-state index contributed by atoms with van der Waals surface area (Å²) in [5, 5.41) is 3.47. The summed E-state index contributed by atoms with van der Waals surface area (Å²) in [6, 6.07) is 9.84. The van der Waals surface area contributed by atoms with E-state index in [0.717, 1.165) is 11.3 Å². The zero-order valence-corrected chi connectivity index (χ0v) is 15.4. The number of pyridine rings is 1. The fraction of sp³-hybridized carbons (Fsp3) is 0.250. The van der Waals surface area contributed by atoms with Gasteiger partial charge in [0.1, 0.15) is 5.15 Å². The third kappa shape index (κ3) is 4.36. The van der Waals surface area contributed by atoms with Crippen LogP contribution in [0.2, 0.25) is 5.15 Å². The van der Waals surface area contributed by atoms with E-state index in [4.69, 9.17) is 16.3 Å². The van der Waals surface area contributed by atoms with E-state index in [1.807, 2.05) is 43.3 Å². The molecule has 1 aromatic carbocycles. The van der Waals surface area contributed by atoms with Crippen molar-refractivity contribution in [1.82, 2.24) is 4.98 Å². The van der Waals surface area contributed by atoms with Gasteiger partial charge in [-0.1, -0.05) is 23.7 Å². The van der Waals surface area contributed by atoms with Gasteiger partial charge < -0.3 is 15.0 Å². The molecule has 23 heavy (non-hydrogen) atoms. The Morgan fingerprint density at radius 3 is 2.57 bits per heavy atom.